The Labute approximate surface area is 161 Å². The van der Waals surface area contributed by atoms with Crippen LogP contribution in [0.25, 0.3) is 0 Å². The number of unbranched alkanes of at least 4 members (excludes halogenated alkanes) is 2. The first-order valence-electron chi connectivity index (χ1n) is 9.69. The number of ether oxygens (including phenoxy) is 1. The minimum Gasteiger partial charge on any atom is -0.493 e. The molecule has 0 aliphatic carbocycles. The summed E-state index contributed by atoms with van der Waals surface area (Å²) >= 11 is 1.87. The summed E-state index contributed by atoms with van der Waals surface area (Å²) in [5, 5.41) is 11.1. The molecule has 3 rings (SSSR count). The van der Waals surface area contributed by atoms with Crippen molar-refractivity contribution >= 4 is 11.3 Å². The summed E-state index contributed by atoms with van der Waals surface area (Å²) in [6.45, 7) is 6.51. The molecule has 0 saturated carbocycles. The molecule has 1 aliphatic rings. The lowest BCUT2D eigenvalue weighted by atomic mass is 9.84. The molecule has 0 radical (unpaired) electrons. The zero-order valence-electron chi connectivity index (χ0n) is 15.6. The number of hydrogen-bond acceptors (Lipinski definition) is 4. The van der Waals surface area contributed by atoms with Crippen molar-refractivity contribution in [3.63, 3.8) is 0 Å². The van der Waals surface area contributed by atoms with E-state index in [2.05, 4.69) is 35.4 Å². The zero-order chi connectivity index (χ0) is 18.2. The minimum absolute atomic E-state index is 0.514. The molecular formula is C22H28N2OS. The number of likely N-dealkylation sites (tertiary alicyclic amines) is 1. The molecule has 2 atom stereocenters. The van der Waals surface area contributed by atoms with Crippen LogP contribution in [0.15, 0.2) is 41.8 Å². The number of thiophene rings is 1. The van der Waals surface area contributed by atoms with E-state index in [0.717, 1.165) is 18.9 Å². The Morgan fingerprint density at radius 1 is 1.23 bits per heavy atom. The van der Waals surface area contributed by atoms with Gasteiger partial charge in [-0.05, 0) is 61.6 Å². The summed E-state index contributed by atoms with van der Waals surface area (Å²) in [6, 6.07) is 14.0. The summed E-state index contributed by atoms with van der Waals surface area (Å²) in [7, 11) is 0. The van der Waals surface area contributed by atoms with E-state index in [9.17, 15) is 0 Å². The molecule has 26 heavy (non-hydrogen) atoms. The lowest BCUT2D eigenvalue weighted by Gasteiger charge is -2.38. The topological polar surface area (TPSA) is 36.3 Å². The maximum atomic E-state index is 8.93. The van der Waals surface area contributed by atoms with Crippen LogP contribution >= 0.6 is 11.3 Å². The van der Waals surface area contributed by atoms with E-state index in [4.69, 9.17) is 10.00 Å². The first-order chi connectivity index (χ1) is 12.8. The van der Waals surface area contributed by atoms with Crippen molar-refractivity contribution < 1.29 is 4.74 Å². The lowest BCUT2D eigenvalue weighted by Crippen LogP contribution is -2.42. The lowest BCUT2D eigenvalue weighted by molar-refractivity contribution is 0.111. The molecule has 0 unspecified atom stereocenters. The van der Waals surface area contributed by atoms with Crippen molar-refractivity contribution in [3.05, 3.63) is 52.2 Å². The normalized spacial score (nSPS) is 20.6. The fourth-order valence-corrected chi connectivity index (χ4v) is 4.73. The predicted octanol–water partition coefficient (Wildman–Crippen LogP) is 5.29. The molecular weight excluding hydrogens is 340 g/mol. The standard InChI is InChI=1S/C22H28N2OS/c1-2-3-4-12-24-13-11-21(22-6-5-14-26-22)19(16-24)17-25-20-9-7-18(15-23)8-10-20/h5-10,14,19,21H,2-4,11-13,16-17H2,1H3/t19-,21+/m0/s1. The van der Waals surface area contributed by atoms with Gasteiger partial charge in [-0.25, -0.2) is 0 Å². The monoisotopic (exact) mass is 368 g/mol. The molecule has 0 N–H and O–H groups in total. The molecule has 0 spiro atoms. The van der Waals surface area contributed by atoms with Crippen molar-refractivity contribution in [3.8, 4) is 11.8 Å². The SMILES string of the molecule is CCCCCN1CC[C@@H](c2cccs2)[C@H](COc2ccc(C#N)cc2)C1. The van der Waals surface area contributed by atoms with Crippen LogP contribution in [0.2, 0.25) is 0 Å². The van der Waals surface area contributed by atoms with Crippen molar-refractivity contribution in [1.82, 2.24) is 4.90 Å². The highest BCUT2D eigenvalue weighted by Crippen LogP contribution is 2.36. The van der Waals surface area contributed by atoms with Gasteiger partial charge < -0.3 is 9.64 Å². The van der Waals surface area contributed by atoms with Gasteiger partial charge in [-0.15, -0.1) is 11.3 Å². The van der Waals surface area contributed by atoms with Gasteiger partial charge in [0.1, 0.15) is 5.75 Å². The molecule has 2 aromatic rings. The number of benzene rings is 1. The fraction of sp³-hybridized carbons (Fsp3) is 0.500. The van der Waals surface area contributed by atoms with Crippen LogP contribution in [0.4, 0.5) is 0 Å². The third-order valence-corrected chi connectivity index (χ3v) is 6.26. The summed E-state index contributed by atoms with van der Waals surface area (Å²) in [6.07, 6.45) is 5.10. The number of hydrogen-bond donors (Lipinski definition) is 0. The Bertz CT molecular complexity index is 690. The van der Waals surface area contributed by atoms with Gasteiger partial charge in [0, 0.05) is 23.3 Å². The molecule has 1 aromatic heterocycles. The average molecular weight is 369 g/mol. The summed E-state index contributed by atoms with van der Waals surface area (Å²) in [5.74, 6) is 1.97. The fourth-order valence-electron chi connectivity index (χ4n) is 3.77. The van der Waals surface area contributed by atoms with Gasteiger partial charge in [0.25, 0.3) is 0 Å². The molecule has 1 saturated heterocycles. The van der Waals surface area contributed by atoms with Crippen LogP contribution in [-0.2, 0) is 0 Å². The molecule has 138 valence electrons. The quantitative estimate of drug-likeness (QED) is 0.594. The second-order valence-corrected chi connectivity index (χ2v) is 8.10. The second kappa shape index (κ2) is 9.75. The highest BCUT2D eigenvalue weighted by atomic mass is 32.1. The Balaban J connectivity index is 1.62. The van der Waals surface area contributed by atoms with Crippen molar-refractivity contribution in [2.45, 2.75) is 38.5 Å². The van der Waals surface area contributed by atoms with Gasteiger partial charge >= 0.3 is 0 Å². The molecule has 0 bridgehead atoms. The Morgan fingerprint density at radius 2 is 2.08 bits per heavy atom. The summed E-state index contributed by atoms with van der Waals surface area (Å²) in [4.78, 5) is 4.11. The molecule has 2 heterocycles. The third kappa shape index (κ3) is 5.09. The zero-order valence-corrected chi connectivity index (χ0v) is 16.4. The Hall–Kier alpha value is -1.83. The maximum Gasteiger partial charge on any atom is 0.119 e. The Kier molecular flexibility index (Phi) is 7.11. The van der Waals surface area contributed by atoms with Gasteiger partial charge in [-0.2, -0.15) is 5.26 Å². The molecule has 1 aliphatic heterocycles. The molecule has 3 nitrogen and oxygen atoms in total. The van der Waals surface area contributed by atoms with E-state index >= 15 is 0 Å². The van der Waals surface area contributed by atoms with Crippen LogP contribution in [0.5, 0.6) is 5.75 Å². The number of nitrogens with zero attached hydrogens (tertiary/aromatic N) is 2. The van der Waals surface area contributed by atoms with Gasteiger partial charge in [-0.1, -0.05) is 25.8 Å². The second-order valence-electron chi connectivity index (χ2n) is 7.13. The molecule has 4 heteroatoms. The maximum absolute atomic E-state index is 8.93. The van der Waals surface area contributed by atoms with E-state index in [1.165, 1.54) is 43.6 Å². The van der Waals surface area contributed by atoms with Gasteiger partial charge in [0.2, 0.25) is 0 Å². The minimum atomic E-state index is 0.514. The highest BCUT2D eigenvalue weighted by Gasteiger charge is 2.31. The summed E-state index contributed by atoms with van der Waals surface area (Å²) in [5.41, 5.74) is 0.675. The average Bonchev–Trinajstić information content (AvgIpc) is 3.21. The summed E-state index contributed by atoms with van der Waals surface area (Å²) < 4.78 is 6.12. The van der Waals surface area contributed by atoms with Crippen LogP contribution in [0.1, 0.15) is 49.0 Å². The van der Waals surface area contributed by atoms with Crippen LogP contribution < -0.4 is 4.74 Å². The van der Waals surface area contributed by atoms with E-state index in [1.54, 1.807) is 0 Å². The van der Waals surface area contributed by atoms with Crippen LogP contribution in [0.3, 0.4) is 0 Å². The third-order valence-electron chi connectivity index (χ3n) is 5.25. The van der Waals surface area contributed by atoms with Gasteiger partial charge in [-0.3, -0.25) is 0 Å². The first-order valence-corrected chi connectivity index (χ1v) is 10.6. The molecule has 0 amide bonds. The highest BCUT2D eigenvalue weighted by molar-refractivity contribution is 7.10. The van der Waals surface area contributed by atoms with E-state index < -0.39 is 0 Å². The molecule has 1 aromatic carbocycles. The van der Waals surface area contributed by atoms with Gasteiger partial charge in [0.05, 0.1) is 18.2 Å². The Morgan fingerprint density at radius 3 is 2.77 bits per heavy atom. The number of nitriles is 1. The largest absolute Gasteiger partial charge is 0.493 e. The van der Waals surface area contributed by atoms with E-state index in [1.807, 2.05) is 35.6 Å². The predicted molar refractivity (Wildman–Crippen MR) is 108 cm³/mol. The molecule has 1 fully saturated rings. The van der Waals surface area contributed by atoms with Gasteiger partial charge in [0.15, 0.2) is 0 Å². The van der Waals surface area contributed by atoms with Crippen LogP contribution in [0, 0.1) is 17.2 Å². The van der Waals surface area contributed by atoms with Crippen molar-refractivity contribution in [1.29, 1.82) is 5.26 Å². The number of rotatable bonds is 8. The smallest absolute Gasteiger partial charge is 0.119 e. The van der Waals surface area contributed by atoms with Crippen molar-refractivity contribution in [2.24, 2.45) is 5.92 Å². The van der Waals surface area contributed by atoms with E-state index in [0.29, 0.717) is 17.4 Å². The first kappa shape index (κ1) is 18.9. The van der Waals surface area contributed by atoms with Crippen molar-refractivity contribution in [2.75, 3.05) is 26.2 Å². The van der Waals surface area contributed by atoms with E-state index in [-0.39, 0.29) is 0 Å². The number of piperidine rings is 1. The van der Waals surface area contributed by atoms with Crippen LogP contribution in [-0.4, -0.2) is 31.1 Å².